The van der Waals surface area contributed by atoms with Crippen LogP contribution in [-0.4, -0.2) is 26.6 Å². The quantitative estimate of drug-likeness (QED) is 0.106. The zero-order valence-corrected chi connectivity index (χ0v) is 29.2. The molecule has 0 N–H and O–H groups in total. The van der Waals surface area contributed by atoms with Crippen molar-refractivity contribution in [1.82, 2.24) is 0 Å². The molecule has 12 heteroatoms. The Balaban J connectivity index is 1.53. The molecule has 1 aliphatic heterocycles. The Kier molecular flexibility index (Phi) is 9.66. The van der Waals surface area contributed by atoms with E-state index in [1.807, 2.05) is 67.6 Å². The van der Waals surface area contributed by atoms with Crippen molar-refractivity contribution in [2.75, 3.05) is 12.0 Å². The average Bonchev–Trinajstić information content (AvgIpc) is 3.27. The van der Waals surface area contributed by atoms with Gasteiger partial charge in [0.25, 0.3) is 5.91 Å². The number of aryl methyl sites for hydroxylation is 3. The number of amides is 1. The van der Waals surface area contributed by atoms with Gasteiger partial charge in [-0.15, -0.1) is 0 Å². The summed E-state index contributed by atoms with van der Waals surface area (Å²) in [4.78, 5) is 20.5. The number of halogens is 3. The number of hydrogen-bond acceptors (Lipinski definition) is 7. The molecular formula is C32H25Cl2IN2O5S2. The van der Waals surface area contributed by atoms with Crippen LogP contribution >= 0.6 is 57.6 Å². The third-order valence-electron chi connectivity index (χ3n) is 6.65. The molecule has 0 saturated carbocycles. The molecule has 226 valence electrons. The zero-order chi connectivity index (χ0) is 31.8. The van der Waals surface area contributed by atoms with Crippen LogP contribution in [0, 0.1) is 24.3 Å². The Labute approximate surface area is 284 Å². The van der Waals surface area contributed by atoms with Gasteiger partial charge in [-0.3, -0.25) is 9.69 Å². The summed E-state index contributed by atoms with van der Waals surface area (Å²) in [7, 11) is -2.70. The third-order valence-corrected chi connectivity index (χ3v) is 10.5. The molecule has 0 spiro atoms. The molecule has 0 aromatic heterocycles. The number of benzene rings is 4. The van der Waals surface area contributed by atoms with Gasteiger partial charge in [0.05, 0.1) is 27.0 Å². The lowest BCUT2D eigenvalue weighted by atomic mass is 10.1. The number of ether oxygens (including phenoxy) is 1. The Morgan fingerprint density at radius 1 is 0.909 bits per heavy atom. The maximum absolute atomic E-state index is 13.9. The molecule has 0 bridgehead atoms. The van der Waals surface area contributed by atoms with Crippen LogP contribution in [0.15, 0.2) is 87.6 Å². The van der Waals surface area contributed by atoms with Crippen molar-refractivity contribution in [2.24, 2.45) is 4.99 Å². The maximum atomic E-state index is 13.9. The molecule has 7 nitrogen and oxygen atoms in total. The van der Waals surface area contributed by atoms with Crippen molar-refractivity contribution < 1.29 is 22.1 Å². The molecule has 1 saturated heterocycles. The molecule has 1 amide bonds. The predicted molar refractivity (Wildman–Crippen MR) is 187 cm³/mol. The van der Waals surface area contributed by atoms with E-state index in [2.05, 4.69) is 0 Å². The first kappa shape index (κ1) is 32.4. The highest BCUT2D eigenvalue weighted by molar-refractivity contribution is 14.1. The van der Waals surface area contributed by atoms with Crippen molar-refractivity contribution in [3.05, 3.63) is 114 Å². The summed E-state index contributed by atoms with van der Waals surface area (Å²) in [5.41, 5.74) is 4.47. The second-order valence-electron chi connectivity index (χ2n) is 9.90. The number of amidine groups is 1. The fourth-order valence-electron chi connectivity index (χ4n) is 4.18. The van der Waals surface area contributed by atoms with Crippen LogP contribution in [0.2, 0.25) is 10.0 Å². The normalized spacial score (nSPS) is 15.3. The lowest BCUT2D eigenvalue weighted by Crippen LogP contribution is -2.28. The number of hydrogen-bond donors (Lipinski definition) is 0. The highest BCUT2D eigenvalue weighted by Crippen LogP contribution is 2.41. The minimum absolute atomic E-state index is 0.0260. The monoisotopic (exact) mass is 778 g/mol. The first-order valence-electron chi connectivity index (χ1n) is 13.1. The number of thioether (sulfide) groups is 1. The van der Waals surface area contributed by atoms with Gasteiger partial charge in [0.2, 0.25) is 0 Å². The summed E-state index contributed by atoms with van der Waals surface area (Å²) in [6.45, 7) is 5.65. The number of anilines is 1. The lowest BCUT2D eigenvalue weighted by Gasteiger charge is -2.16. The van der Waals surface area contributed by atoms with Crippen LogP contribution in [0.4, 0.5) is 11.4 Å². The molecule has 4 aromatic rings. The van der Waals surface area contributed by atoms with E-state index in [1.165, 1.54) is 35.9 Å². The Morgan fingerprint density at radius 2 is 1.57 bits per heavy atom. The summed E-state index contributed by atoms with van der Waals surface area (Å²) in [5.74, 6) is -0.0565. The second-order valence-corrected chi connectivity index (χ2v) is 14.4. The Bertz CT molecular complexity index is 1960. The van der Waals surface area contributed by atoms with Gasteiger partial charge in [0.1, 0.15) is 4.90 Å². The predicted octanol–water partition coefficient (Wildman–Crippen LogP) is 9.11. The van der Waals surface area contributed by atoms with Crippen LogP contribution in [0.1, 0.15) is 22.3 Å². The van der Waals surface area contributed by atoms with E-state index < -0.39 is 10.1 Å². The molecule has 1 heterocycles. The van der Waals surface area contributed by atoms with E-state index in [9.17, 15) is 13.2 Å². The van der Waals surface area contributed by atoms with E-state index in [-0.39, 0.29) is 22.3 Å². The van der Waals surface area contributed by atoms with Crippen LogP contribution in [0.25, 0.3) is 6.08 Å². The minimum atomic E-state index is -4.12. The number of methoxy groups -OCH3 is 1. The molecule has 0 aliphatic carbocycles. The highest BCUT2D eigenvalue weighted by Gasteiger charge is 2.35. The summed E-state index contributed by atoms with van der Waals surface area (Å²) in [6.07, 6.45) is 1.70. The summed E-state index contributed by atoms with van der Waals surface area (Å²) in [6, 6.07) is 20.5. The summed E-state index contributed by atoms with van der Waals surface area (Å²) >= 11 is 15.9. The van der Waals surface area contributed by atoms with Crippen LogP contribution in [-0.2, 0) is 14.9 Å². The van der Waals surface area contributed by atoms with Crippen molar-refractivity contribution in [3.63, 3.8) is 0 Å². The number of rotatable bonds is 7. The van der Waals surface area contributed by atoms with Gasteiger partial charge in [0.15, 0.2) is 16.7 Å². The van der Waals surface area contributed by atoms with Crippen molar-refractivity contribution in [2.45, 2.75) is 25.7 Å². The first-order valence-corrected chi connectivity index (χ1v) is 17.2. The van der Waals surface area contributed by atoms with Gasteiger partial charge in [0, 0.05) is 10.0 Å². The van der Waals surface area contributed by atoms with Gasteiger partial charge >= 0.3 is 10.1 Å². The first-order chi connectivity index (χ1) is 20.9. The Morgan fingerprint density at radius 3 is 2.20 bits per heavy atom. The topological polar surface area (TPSA) is 85.3 Å². The van der Waals surface area contributed by atoms with Crippen LogP contribution in [0.3, 0.4) is 0 Å². The average molecular weight is 780 g/mol. The molecule has 4 aromatic carbocycles. The van der Waals surface area contributed by atoms with Gasteiger partial charge in [-0.25, -0.2) is 4.99 Å². The summed E-state index contributed by atoms with van der Waals surface area (Å²) < 4.78 is 37.5. The molecular weight excluding hydrogens is 754 g/mol. The van der Waals surface area contributed by atoms with Gasteiger partial charge in [-0.2, -0.15) is 8.42 Å². The second kappa shape index (κ2) is 13.1. The SMILES string of the molecule is COc1cc(/C=C2/SC(=Nc3ccc(C)c(Cl)c3)N(c3ccc(C)c(Cl)c3)C2=O)cc(I)c1OS(=O)(=O)c1ccc(C)cc1. The van der Waals surface area contributed by atoms with E-state index >= 15 is 0 Å². The molecule has 1 aliphatic rings. The lowest BCUT2D eigenvalue weighted by molar-refractivity contribution is -0.113. The molecule has 44 heavy (non-hydrogen) atoms. The molecule has 0 unspecified atom stereocenters. The molecule has 0 atom stereocenters. The molecule has 0 radical (unpaired) electrons. The fraction of sp³-hybridized carbons (Fsp3) is 0.125. The van der Waals surface area contributed by atoms with E-state index in [4.69, 9.17) is 37.1 Å². The van der Waals surface area contributed by atoms with Crippen molar-refractivity contribution in [3.8, 4) is 11.5 Å². The Hall–Kier alpha value is -3.03. The van der Waals surface area contributed by atoms with E-state index in [0.717, 1.165) is 16.7 Å². The minimum Gasteiger partial charge on any atom is -0.493 e. The molecule has 5 rings (SSSR count). The van der Waals surface area contributed by atoms with Crippen LogP contribution in [0.5, 0.6) is 11.5 Å². The smallest absolute Gasteiger partial charge is 0.339 e. The third kappa shape index (κ3) is 6.94. The van der Waals surface area contributed by atoms with Gasteiger partial charge < -0.3 is 8.92 Å². The molecule has 1 fully saturated rings. The van der Waals surface area contributed by atoms with Gasteiger partial charge in [-0.05, 0) is 126 Å². The van der Waals surface area contributed by atoms with E-state index in [0.29, 0.717) is 40.6 Å². The number of nitrogens with zero attached hydrogens (tertiary/aromatic N) is 2. The van der Waals surface area contributed by atoms with Crippen LogP contribution < -0.4 is 13.8 Å². The maximum Gasteiger partial charge on any atom is 0.339 e. The standard InChI is InChI=1S/C32H25Cl2IN2O5S2/c1-18-5-11-24(12-6-18)44(39,40)42-30-27(35)13-21(14-28(30)41-4)15-29-31(38)37(23-10-8-20(3)26(34)17-23)32(43-29)36-22-9-7-19(2)25(33)16-22/h5-17H,1-4H3/b29-15+,36-32?. The van der Waals surface area contributed by atoms with Crippen molar-refractivity contribution >= 4 is 96.2 Å². The fourth-order valence-corrected chi connectivity index (χ4v) is 7.37. The number of carbonyl (C=O) groups excluding carboxylic acids is 1. The number of carbonyl (C=O) groups is 1. The van der Waals surface area contributed by atoms with E-state index in [1.54, 1.807) is 42.5 Å². The largest absolute Gasteiger partial charge is 0.493 e. The highest BCUT2D eigenvalue weighted by atomic mass is 127. The number of aliphatic imine (C=N–C) groups is 1. The van der Waals surface area contributed by atoms with Crippen molar-refractivity contribution in [1.29, 1.82) is 0 Å². The summed E-state index contributed by atoms with van der Waals surface area (Å²) in [5, 5.41) is 1.51. The van der Waals surface area contributed by atoms with Gasteiger partial charge in [-0.1, -0.05) is 53.0 Å². The zero-order valence-electron chi connectivity index (χ0n) is 23.9.